The number of carbonyl (C=O) groups excluding carboxylic acids is 1. The van der Waals surface area contributed by atoms with E-state index in [0.717, 1.165) is 23.7 Å². The van der Waals surface area contributed by atoms with Gasteiger partial charge in [-0.1, -0.05) is 30.3 Å². The number of halogens is 3. The predicted molar refractivity (Wildman–Crippen MR) is 82.7 cm³/mol. The van der Waals surface area contributed by atoms with Crippen LogP contribution in [-0.4, -0.2) is 12.1 Å². The number of nitrogens with one attached hydrogen (secondary N) is 1. The molecule has 4 nitrogen and oxygen atoms in total. The first-order valence-corrected chi connectivity index (χ1v) is 6.93. The number of hydrogen-bond donors (Lipinski definition) is 1. The zero-order chi connectivity index (χ0) is 17.2. The predicted octanol–water partition coefficient (Wildman–Crippen LogP) is 4.22. The maximum atomic E-state index is 12.6. The molecule has 0 bridgehead atoms. The van der Waals surface area contributed by atoms with E-state index in [2.05, 4.69) is 10.5 Å². The first-order chi connectivity index (χ1) is 11.4. The summed E-state index contributed by atoms with van der Waals surface area (Å²) < 4.78 is 43.2. The smallest absolute Gasteiger partial charge is 0.416 e. The van der Waals surface area contributed by atoms with Crippen molar-refractivity contribution in [1.29, 1.82) is 0 Å². The molecule has 3 rings (SSSR count). The van der Waals surface area contributed by atoms with Gasteiger partial charge >= 0.3 is 12.1 Å². The molecule has 0 fully saturated rings. The standard InChI is InChI=1S/C17H11F3N2O2/c18-17(19,20)13-6-3-4-11(8-13)10-21-22-16(23)15-9-12-5-1-2-7-14(12)24-15/h1-10H,(H,22,23)/b21-10+. The second-order valence-electron chi connectivity index (χ2n) is 4.97. The van der Waals surface area contributed by atoms with Gasteiger partial charge in [0.1, 0.15) is 5.58 Å². The summed E-state index contributed by atoms with van der Waals surface area (Å²) >= 11 is 0. The summed E-state index contributed by atoms with van der Waals surface area (Å²) in [7, 11) is 0. The van der Waals surface area contributed by atoms with Crippen LogP contribution in [0, 0.1) is 0 Å². The quantitative estimate of drug-likeness (QED) is 0.577. The fourth-order valence-electron chi connectivity index (χ4n) is 2.11. The van der Waals surface area contributed by atoms with Gasteiger partial charge in [-0.25, -0.2) is 5.43 Å². The largest absolute Gasteiger partial charge is 0.451 e. The van der Waals surface area contributed by atoms with Gasteiger partial charge in [-0.2, -0.15) is 18.3 Å². The molecular formula is C17H11F3N2O2. The van der Waals surface area contributed by atoms with Crippen molar-refractivity contribution in [2.24, 2.45) is 5.10 Å². The Morgan fingerprint density at radius 2 is 1.88 bits per heavy atom. The summed E-state index contributed by atoms with van der Waals surface area (Å²) in [6.07, 6.45) is -3.29. The van der Waals surface area contributed by atoms with Crippen LogP contribution in [-0.2, 0) is 6.18 Å². The highest BCUT2D eigenvalue weighted by Crippen LogP contribution is 2.29. The van der Waals surface area contributed by atoms with Crippen LogP contribution in [0.3, 0.4) is 0 Å². The molecule has 1 N–H and O–H groups in total. The fourth-order valence-corrected chi connectivity index (χ4v) is 2.11. The first-order valence-electron chi connectivity index (χ1n) is 6.93. The van der Waals surface area contributed by atoms with Crippen molar-refractivity contribution in [3.05, 3.63) is 71.5 Å². The molecule has 0 saturated heterocycles. The van der Waals surface area contributed by atoms with Crippen molar-refractivity contribution in [1.82, 2.24) is 5.43 Å². The number of rotatable bonds is 3. The average molecular weight is 332 g/mol. The van der Waals surface area contributed by atoms with Gasteiger partial charge in [0.15, 0.2) is 5.76 Å². The summed E-state index contributed by atoms with van der Waals surface area (Å²) in [5.41, 5.74) is 2.22. The highest BCUT2D eigenvalue weighted by atomic mass is 19.4. The minimum Gasteiger partial charge on any atom is -0.451 e. The van der Waals surface area contributed by atoms with Gasteiger partial charge in [-0.15, -0.1) is 0 Å². The molecular weight excluding hydrogens is 321 g/mol. The fraction of sp³-hybridized carbons (Fsp3) is 0.0588. The Morgan fingerprint density at radius 1 is 1.08 bits per heavy atom. The van der Waals surface area contributed by atoms with Crippen molar-refractivity contribution < 1.29 is 22.4 Å². The number of hydrazone groups is 1. The topological polar surface area (TPSA) is 54.6 Å². The van der Waals surface area contributed by atoms with Crippen molar-refractivity contribution >= 4 is 23.1 Å². The third-order valence-corrected chi connectivity index (χ3v) is 3.24. The number of furan rings is 1. The number of para-hydroxylation sites is 1. The van der Waals surface area contributed by atoms with E-state index in [1.807, 2.05) is 6.07 Å². The lowest BCUT2D eigenvalue weighted by atomic mass is 10.1. The van der Waals surface area contributed by atoms with E-state index in [1.165, 1.54) is 12.1 Å². The minimum atomic E-state index is -4.43. The van der Waals surface area contributed by atoms with Crippen LogP contribution in [0.4, 0.5) is 13.2 Å². The summed E-state index contributed by atoms with van der Waals surface area (Å²) in [4.78, 5) is 11.9. The molecule has 0 saturated carbocycles. The molecule has 1 amide bonds. The van der Waals surface area contributed by atoms with E-state index in [9.17, 15) is 18.0 Å². The number of benzene rings is 2. The van der Waals surface area contributed by atoms with E-state index in [1.54, 1.807) is 24.3 Å². The molecule has 24 heavy (non-hydrogen) atoms. The van der Waals surface area contributed by atoms with E-state index in [4.69, 9.17) is 4.42 Å². The summed E-state index contributed by atoms with van der Waals surface area (Å²) in [6, 6.07) is 13.3. The van der Waals surface area contributed by atoms with E-state index in [-0.39, 0.29) is 11.3 Å². The molecule has 3 aromatic rings. The molecule has 0 aliphatic heterocycles. The summed E-state index contributed by atoms with van der Waals surface area (Å²) in [5, 5.41) is 4.43. The second kappa shape index (κ2) is 6.19. The molecule has 7 heteroatoms. The Bertz CT molecular complexity index is 880. The zero-order valence-electron chi connectivity index (χ0n) is 12.2. The Kier molecular flexibility index (Phi) is 4.07. The van der Waals surface area contributed by atoms with Crippen LogP contribution in [0.5, 0.6) is 0 Å². The molecule has 0 aliphatic rings. The van der Waals surface area contributed by atoms with Crippen LogP contribution in [0.1, 0.15) is 21.7 Å². The van der Waals surface area contributed by atoms with Gasteiger partial charge in [0, 0.05) is 5.39 Å². The van der Waals surface area contributed by atoms with Crippen LogP contribution in [0.15, 0.2) is 64.1 Å². The zero-order valence-corrected chi connectivity index (χ0v) is 12.2. The van der Waals surface area contributed by atoms with Gasteiger partial charge in [-0.3, -0.25) is 4.79 Å². The maximum Gasteiger partial charge on any atom is 0.416 e. The van der Waals surface area contributed by atoms with Crippen molar-refractivity contribution in [3.8, 4) is 0 Å². The summed E-state index contributed by atoms with van der Waals surface area (Å²) in [6.45, 7) is 0. The monoisotopic (exact) mass is 332 g/mol. The van der Waals surface area contributed by atoms with E-state index in [0.29, 0.717) is 5.58 Å². The Labute approximate surface area is 134 Å². The number of nitrogens with zero attached hydrogens (tertiary/aromatic N) is 1. The van der Waals surface area contributed by atoms with Crippen molar-refractivity contribution in [2.75, 3.05) is 0 Å². The lowest BCUT2D eigenvalue weighted by molar-refractivity contribution is -0.137. The first kappa shape index (κ1) is 15.8. The van der Waals surface area contributed by atoms with Crippen LogP contribution >= 0.6 is 0 Å². The van der Waals surface area contributed by atoms with Crippen molar-refractivity contribution in [2.45, 2.75) is 6.18 Å². The van der Waals surface area contributed by atoms with Crippen LogP contribution in [0.25, 0.3) is 11.0 Å². The van der Waals surface area contributed by atoms with Crippen molar-refractivity contribution in [3.63, 3.8) is 0 Å². The SMILES string of the molecule is O=C(N/N=C/c1cccc(C(F)(F)F)c1)c1cc2ccccc2o1. The Balaban J connectivity index is 1.71. The van der Waals surface area contributed by atoms with Gasteiger partial charge in [-0.05, 0) is 29.8 Å². The molecule has 122 valence electrons. The van der Waals surface area contributed by atoms with Crippen LogP contribution in [0.2, 0.25) is 0 Å². The van der Waals surface area contributed by atoms with E-state index >= 15 is 0 Å². The third-order valence-electron chi connectivity index (χ3n) is 3.24. The number of carbonyl (C=O) groups is 1. The Hall–Kier alpha value is -3.09. The van der Waals surface area contributed by atoms with Gasteiger partial charge < -0.3 is 4.42 Å². The molecule has 0 radical (unpaired) electrons. The molecule has 1 heterocycles. The lowest BCUT2D eigenvalue weighted by Gasteiger charge is -2.06. The molecule has 1 aromatic heterocycles. The van der Waals surface area contributed by atoms with Crippen LogP contribution < -0.4 is 5.43 Å². The number of hydrogen-bond acceptors (Lipinski definition) is 3. The average Bonchev–Trinajstić information content (AvgIpc) is 2.98. The molecule has 2 aromatic carbocycles. The normalized spacial score (nSPS) is 12.0. The number of fused-ring (bicyclic) bond motifs is 1. The number of alkyl halides is 3. The lowest BCUT2D eigenvalue weighted by Crippen LogP contribution is -2.16. The molecule has 0 atom stereocenters. The van der Waals surface area contributed by atoms with Gasteiger partial charge in [0.25, 0.3) is 0 Å². The summed E-state index contributed by atoms with van der Waals surface area (Å²) in [5.74, 6) is -0.521. The minimum absolute atomic E-state index is 0.0670. The second-order valence-corrected chi connectivity index (χ2v) is 4.97. The number of amides is 1. The maximum absolute atomic E-state index is 12.6. The highest BCUT2D eigenvalue weighted by molar-refractivity contribution is 5.96. The molecule has 0 spiro atoms. The Morgan fingerprint density at radius 3 is 2.62 bits per heavy atom. The van der Waals surface area contributed by atoms with Gasteiger partial charge in [0.2, 0.25) is 0 Å². The highest BCUT2D eigenvalue weighted by Gasteiger charge is 2.30. The molecule has 0 unspecified atom stereocenters. The third kappa shape index (κ3) is 3.45. The molecule has 0 aliphatic carbocycles. The van der Waals surface area contributed by atoms with E-state index < -0.39 is 17.6 Å². The van der Waals surface area contributed by atoms with Gasteiger partial charge in [0.05, 0.1) is 11.8 Å².